The zero-order chi connectivity index (χ0) is 13.0. The van der Waals surface area contributed by atoms with E-state index in [4.69, 9.17) is 9.52 Å². The molecule has 94 valence electrons. The summed E-state index contributed by atoms with van der Waals surface area (Å²) in [6.45, 7) is 6.38. The van der Waals surface area contributed by atoms with Gasteiger partial charge in [-0.3, -0.25) is 4.79 Å². The van der Waals surface area contributed by atoms with Crippen LogP contribution in [0.25, 0.3) is 0 Å². The van der Waals surface area contributed by atoms with Crippen molar-refractivity contribution in [3.05, 3.63) is 23.7 Å². The van der Waals surface area contributed by atoms with E-state index in [-0.39, 0.29) is 23.5 Å². The van der Waals surface area contributed by atoms with Gasteiger partial charge >= 0.3 is 5.97 Å². The first-order valence-corrected chi connectivity index (χ1v) is 5.65. The van der Waals surface area contributed by atoms with Crippen LogP contribution in [0, 0.1) is 0 Å². The number of nitrogens with zero attached hydrogens (tertiary/aromatic N) is 1. The third-order valence-corrected chi connectivity index (χ3v) is 2.75. The van der Waals surface area contributed by atoms with Crippen molar-refractivity contribution < 1.29 is 19.1 Å². The number of carboxylic acid groups (broad SMARTS) is 1. The molecule has 1 aromatic rings. The first-order valence-electron chi connectivity index (χ1n) is 5.65. The van der Waals surface area contributed by atoms with Crippen molar-refractivity contribution in [3.63, 3.8) is 0 Å². The molecule has 0 aliphatic carbocycles. The van der Waals surface area contributed by atoms with E-state index in [0.29, 0.717) is 6.54 Å². The van der Waals surface area contributed by atoms with Gasteiger partial charge in [0.05, 0.1) is 0 Å². The maximum absolute atomic E-state index is 12.1. The van der Waals surface area contributed by atoms with E-state index in [1.54, 1.807) is 4.90 Å². The Kier molecular flexibility index (Phi) is 4.31. The Balaban J connectivity index is 2.90. The SMILES string of the molecule is CCC(C)N(CC)C(=O)c1ccc(C(=O)O)o1. The quantitative estimate of drug-likeness (QED) is 0.855. The molecule has 1 amide bonds. The van der Waals surface area contributed by atoms with E-state index in [1.807, 2.05) is 20.8 Å². The lowest BCUT2D eigenvalue weighted by molar-refractivity contribution is 0.0634. The van der Waals surface area contributed by atoms with Crippen molar-refractivity contribution >= 4 is 11.9 Å². The van der Waals surface area contributed by atoms with Gasteiger partial charge in [-0.1, -0.05) is 6.92 Å². The van der Waals surface area contributed by atoms with Crippen LogP contribution in [0.5, 0.6) is 0 Å². The Bertz CT molecular complexity index is 410. The van der Waals surface area contributed by atoms with E-state index in [2.05, 4.69) is 0 Å². The fourth-order valence-corrected chi connectivity index (χ4v) is 1.59. The largest absolute Gasteiger partial charge is 0.475 e. The van der Waals surface area contributed by atoms with Crippen LogP contribution < -0.4 is 0 Å². The van der Waals surface area contributed by atoms with Gasteiger partial charge in [-0.2, -0.15) is 0 Å². The maximum atomic E-state index is 12.1. The lowest BCUT2D eigenvalue weighted by Gasteiger charge is -2.26. The summed E-state index contributed by atoms with van der Waals surface area (Å²) in [4.78, 5) is 24.4. The highest BCUT2D eigenvalue weighted by Gasteiger charge is 2.22. The van der Waals surface area contributed by atoms with Crippen molar-refractivity contribution in [2.75, 3.05) is 6.54 Å². The summed E-state index contributed by atoms with van der Waals surface area (Å²) in [7, 11) is 0. The van der Waals surface area contributed by atoms with Crippen LogP contribution in [0.1, 0.15) is 48.3 Å². The maximum Gasteiger partial charge on any atom is 0.371 e. The minimum atomic E-state index is -1.17. The van der Waals surface area contributed by atoms with Crippen LogP contribution in [-0.4, -0.2) is 34.5 Å². The van der Waals surface area contributed by atoms with E-state index in [0.717, 1.165) is 6.42 Å². The second kappa shape index (κ2) is 5.52. The molecule has 17 heavy (non-hydrogen) atoms. The van der Waals surface area contributed by atoms with E-state index in [9.17, 15) is 9.59 Å². The number of furan rings is 1. The summed E-state index contributed by atoms with van der Waals surface area (Å²) in [5, 5.41) is 8.71. The van der Waals surface area contributed by atoms with E-state index < -0.39 is 5.97 Å². The van der Waals surface area contributed by atoms with E-state index >= 15 is 0 Å². The molecule has 0 radical (unpaired) electrons. The van der Waals surface area contributed by atoms with Crippen molar-refractivity contribution in [1.29, 1.82) is 0 Å². The lowest BCUT2D eigenvalue weighted by Crippen LogP contribution is -2.37. The molecule has 5 nitrogen and oxygen atoms in total. The zero-order valence-corrected chi connectivity index (χ0v) is 10.3. The molecular formula is C12H17NO4. The number of rotatable bonds is 5. The average Bonchev–Trinajstić information content (AvgIpc) is 2.78. The predicted octanol–water partition coefficient (Wildman–Crippen LogP) is 2.24. The molecule has 1 atom stereocenters. The van der Waals surface area contributed by atoms with Crippen LogP contribution in [0.3, 0.4) is 0 Å². The van der Waals surface area contributed by atoms with Crippen LogP contribution in [0.4, 0.5) is 0 Å². The molecule has 1 N–H and O–H groups in total. The molecule has 0 saturated carbocycles. The fraction of sp³-hybridized carbons (Fsp3) is 0.500. The molecule has 1 aromatic heterocycles. The minimum absolute atomic E-state index is 0.0737. The number of aromatic carboxylic acids is 1. The standard InChI is InChI=1S/C12H17NO4/c1-4-8(3)13(5-2)11(14)9-6-7-10(17-9)12(15)16/h6-8H,4-5H2,1-3H3,(H,15,16). The molecule has 5 heteroatoms. The highest BCUT2D eigenvalue weighted by Crippen LogP contribution is 2.13. The molecule has 0 bridgehead atoms. The highest BCUT2D eigenvalue weighted by atomic mass is 16.4. The normalized spacial score (nSPS) is 12.2. The van der Waals surface area contributed by atoms with Crippen LogP contribution in [0.2, 0.25) is 0 Å². The van der Waals surface area contributed by atoms with Gasteiger partial charge in [-0.15, -0.1) is 0 Å². The molecule has 0 saturated heterocycles. The summed E-state index contributed by atoms with van der Waals surface area (Å²) in [6.07, 6.45) is 0.839. The monoisotopic (exact) mass is 239 g/mol. The second-order valence-corrected chi connectivity index (χ2v) is 3.82. The van der Waals surface area contributed by atoms with Gasteiger partial charge in [0.1, 0.15) is 0 Å². The van der Waals surface area contributed by atoms with Crippen LogP contribution in [0.15, 0.2) is 16.5 Å². The van der Waals surface area contributed by atoms with Gasteiger partial charge in [0, 0.05) is 12.6 Å². The molecule has 0 fully saturated rings. The Morgan fingerprint density at radius 2 is 1.94 bits per heavy atom. The molecule has 0 aliphatic heterocycles. The summed E-state index contributed by atoms with van der Waals surface area (Å²) in [5.74, 6) is -1.58. The first-order chi connectivity index (χ1) is 8.01. The van der Waals surface area contributed by atoms with Crippen molar-refractivity contribution in [1.82, 2.24) is 4.90 Å². The van der Waals surface area contributed by atoms with Gasteiger partial charge < -0.3 is 14.4 Å². The Labute approximate surface area is 100 Å². The number of hydrogen-bond acceptors (Lipinski definition) is 3. The van der Waals surface area contributed by atoms with Gasteiger partial charge in [-0.05, 0) is 32.4 Å². The zero-order valence-electron chi connectivity index (χ0n) is 10.3. The smallest absolute Gasteiger partial charge is 0.371 e. The van der Waals surface area contributed by atoms with Crippen LogP contribution in [-0.2, 0) is 0 Å². The molecule has 1 heterocycles. The Morgan fingerprint density at radius 3 is 2.35 bits per heavy atom. The number of amides is 1. The number of carbonyl (C=O) groups is 2. The lowest BCUT2D eigenvalue weighted by atomic mass is 10.2. The molecule has 1 rings (SSSR count). The third-order valence-electron chi connectivity index (χ3n) is 2.75. The van der Waals surface area contributed by atoms with Gasteiger partial charge in [0.2, 0.25) is 5.76 Å². The number of carbonyl (C=O) groups excluding carboxylic acids is 1. The molecule has 0 aliphatic rings. The fourth-order valence-electron chi connectivity index (χ4n) is 1.59. The van der Waals surface area contributed by atoms with Crippen LogP contribution >= 0.6 is 0 Å². The van der Waals surface area contributed by atoms with Gasteiger partial charge in [-0.25, -0.2) is 4.79 Å². The van der Waals surface area contributed by atoms with Crippen molar-refractivity contribution in [3.8, 4) is 0 Å². The molecule has 1 unspecified atom stereocenters. The molecule has 0 aromatic carbocycles. The van der Waals surface area contributed by atoms with E-state index in [1.165, 1.54) is 12.1 Å². The summed E-state index contributed by atoms with van der Waals surface area (Å²) in [6, 6.07) is 2.79. The number of carboxylic acids is 1. The topological polar surface area (TPSA) is 70.8 Å². The van der Waals surface area contributed by atoms with Crippen molar-refractivity contribution in [2.45, 2.75) is 33.2 Å². The number of hydrogen-bond donors (Lipinski definition) is 1. The molecular weight excluding hydrogens is 222 g/mol. The van der Waals surface area contributed by atoms with Gasteiger partial charge in [0.15, 0.2) is 5.76 Å². The summed E-state index contributed by atoms with van der Waals surface area (Å²) >= 11 is 0. The minimum Gasteiger partial charge on any atom is -0.475 e. The first kappa shape index (κ1) is 13.3. The average molecular weight is 239 g/mol. The summed E-state index contributed by atoms with van der Waals surface area (Å²) < 4.78 is 4.99. The molecule has 0 spiro atoms. The van der Waals surface area contributed by atoms with Gasteiger partial charge in [0.25, 0.3) is 5.91 Å². The third kappa shape index (κ3) is 2.87. The van der Waals surface area contributed by atoms with Crippen molar-refractivity contribution in [2.24, 2.45) is 0 Å². The Hall–Kier alpha value is -1.78. The highest BCUT2D eigenvalue weighted by molar-refractivity contribution is 5.93. The Morgan fingerprint density at radius 1 is 1.35 bits per heavy atom. The predicted molar refractivity (Wildman–Crippen MR) is 62.1 cm³/mol. The summed E-state index contributed by atoms with van der Waals surface area (Å²) in [5.41, 5.74) is 0. The second-order valence-electron chi connectivity index (χ2n) is 3.82.